The highest BCUT2D eigenvalue weighted by atomic mass is 32.1. The summed E-state index contributed by atoms with van der Waals surface area (Å²) in [4.78, 5) is 24.7. The summed E-state index contributed by atoms with van der Waals surface area (Å²) in [6, 6.07) is 2.68. The molecule has 1 atom stereocenters. The third-order valence-electron chi connectivity index (χ3n) is 5.95. The minimum atomic E-state index is -1.12. The van der Waals surface area contributed by atoms with Gasteiger partial charge < -0.3 is 15.2 Å². The van der Waals surface area contributed by atoms with E-state index in [2.05, 4.69) is 5.32 Å². The number of hydrogen-bond donors (Lipinski definition) is 1. The van der Waals surface area contributed by atoms with E-state index in [1.54, 1.807) is 12.1 Å². The van der Waals surface area contributed by atoms with Gasteiger partial charge in [-0.05, 0) is 73.1 Å². The molecule has 1 heterocycles. The van der Waals surface area contributed by atoms with E-state index < -0.39 is 12.0 Å². The van der Waals surface area contributed by atoms with Gasteiger partial charge in [-0.15, -0.1) is 11.3 Å². The van der Waals surface area contributed by atoms with Crippen LogP contribution in [0, 0.1) is 23.2 Å². The largest absolute Gasteiger partial charge is 0.548 e. The number of amides is 1. The van der Waals surface area contributed by atoms with Crippen LogP contribution >= 0.6 is 11.3 Å². The highest BCUT2D eigenvalue weighted by Gasteiger charge is 2.54. The number of hydrogen-bond acceptors (Lipinski definition) is 4. The van der Waals surface area contributed by atoms with Gasteiger partial charge in [0, 0.05) is 0 Å². The predicted octanol–water partition coefficient (Wildman–Crippen LogP) is 1.81. The highest BCUT2D eigenvalue weighted by Crippen LogP contribution is 2.61. The van der Waals surface area contributed by atoms with Crippen molar-refractivity contribution in [2.75, 3.05) is 0 Å². The molecule has 0 spiro atoms. The van der Waals surface area contributed by atoms with Crippen molar-refractivity contribution in [2.24, 2.45) is 23.2 Å². The lowest BCUT2D eigenvalue weighted by Crippen LogP contribution is -2.62. The van der Waals surface area contributed by atoms with Crippen molar-refractivity contribution in [3.05, 3.63) is 22.4 Å². The lowest BCUT2D eigenvalue weighted by atomic mass is 9.47. The summed E-state index contributed by atoms with van der Waals surface area (Å²) in [6.07, 6.45) is 6.54. The van der Waals surface area contributed by atoms with Crippen LogP contribution in [-0.4, -0.2) is 17.9 Å². The van der Waals surface area contributed by atoms with Gasteiger partial charge in [0.2, 0.25) is 0 Å². The maximum Gasteiger partial charge on any atom is 0.261 e. The fourth-order valence-electron chi connectivity index (χ4n) is 5.60. The molecule has 5 rings (SSSR count). The summed E-state index contributed by atoms with van der Waals surface area (Å²) in [6.45, 7) is 0. The van der Waals surface area contributed by atoms with Gasteiger partial charge in [-0.1, -0.05) is 6.07 Å². The smallest absolute Gasteiger partial charge is 0.261 e. The molecule has 0 unspecified atom stereocenters. The standard InChI is InChI=1S/C17H21NO3S/c19-15(13-2-1-3-22-13)18-14(16(20)21)17-7-10-4-11(8-17)6-12(5-10)9-17/h1-3,10-12,14H,4-9H2,(H,18,19)(H,20,21)/p-1/t10?,11?,12?,14-,17?/m1/s1. The van der Waals surface area contributed by atoms with E-state index in [-0.39, 0.29) is 11.3 Å². The summed E-state index contributed by atoms with van der Waals surface area (Å²) in [5.41, 5.74) is -0.277. The molecule has 1 aromatic rings. The van der Waals surface area contributed by atoms with E-state index in [9.17, 15) is 14.7 Å². The molecule has 4 fully saturated rings. The van der Waals surface area contributed by atoms with Crippen LogP contribution in [0.2, 0.25) is 0 Å². The first kappa shape index (κ1) is 14.2. The third kappa shape index (κ3) is 2.26. The van der Waals surface area contributed by atoms with Crippen LogP contribution in [0.1, 0.15) is 48.2 Å². The first-order chi connectivity index (χ1) is 10.6. The van der Waals surface area contributed by atoms with Crippen molar-refractivity contribution in [3.8, 4) is 0 Å². The summed E-state index contributed by atoms with van der Waals surface area (Å²) < 4.78 is 0. The first-order valence-corrected chi connectivity index (χ1v) is 8.99. The van der Waals surface area contributed by atoms with Crippen LogP contribution in [0.3, 0.4) is 0 Å². The number of carboxylic acids is 1. The molecule has 4 saturated carbocycles. The van der Waals surface area contributed by atoms with Gasteiger partial charge in [0.05, 0.1) is 16.9 Å². The van der Waals surface area contributed by atoms with Crippen LogP contribution in [0.15, 0.2) is 17.5 Å². The minimum Gasteiger partial charge on any atom is -0.548 e. The second kappa shape index (κ2) is 5.08. The van der Waals surface area contributed by atoms with Gasteiger partial charge in [-0.25, -0.2) is 0 Å². The lowest BCUT2D eigenvalue weighted by molar-refractivity contribution is -0.313. The molecule has 4 nitrogen and oxygen atoms in total. The summed E-state index contributed by atoms with van der Waals surface area (Å²) in [5.74, 6) is 0.539. The van der Waals surface area contributed by atoms with Crippen molar-refractivity contribution in [1.82, 2.24) is 5.32 Å². The molecule has 0 radical (unpaired) electrons. The molecule has 5 heteroatoms. The van der Waals surface area contributed by atoms with E-state index in [1.807, 2.05) is 5.38 Å². The Bertz CT molecular complexity index is 560. The maximum atomic E-state index is 12.3. The number of carbonyl (C=O) groups excluding carboxylic acids is 2. The number of carbonyl (C=O) groups is 2. The first-order valence-electron chi connectivity index (χ1n) is 8.11. The predicted molar refractivity (Wildman–Crippen MR) is 81.2 cm³/mol. The number of rotatable bonds is 4. The Kier molecular flexibility index (Phi) is 3.29. The Morgan fingerprint density at radius 2 is 1.77 bits per heavy atom. The third-order valence-corrected chi connectivity index (χ3v) is 6.82. The minimum absolute atomic E-state index is 0.277. The molecular formula is C17H20NO3S-. The van der Waals surface area contributed by atoms with Crippen LogP contribution in [0.4, 0.5) is 0 Å². The Hall–Kier alpha value is -1.36. The quantitative estimate of drug-likeness (QED) is 0.920. The average molecular weight is 318 g/mol. The normalized spacial score (nSPS) is 37.0. The molecule has 1 amide bonds. The second-order valence-corrected chi connectivity index (χ2v) is 8.43. The topological polar surface area (TPSA) is 69.2 Å². The Balaban J connectivity index is 1.59. The van der Waals surface area contributed by atoms with Gasteiger partial charge >= 0.3 is 0 Å². The second-order valence-electron chi connectivity index (χ2n) is 7.48. The monoisotopic (exact) mass is 318 g/mol. The molecule has 1 aromatic heterocycles. The molecule has 4 aliphatic carbocycles. The highest BCUT2D eigenvalue weighted by molar-refractivity contribution is 7.12. The molecule has 22 heavy (non-hydrogen) atoms. The Morgan fingerprint density at radius 1 is 1.18 bits per heavy atom. The van der Waals surface area contributed by atoms with Crippen LogP contribution in [0.25, 0.3) is 0 Å². The Labute approximate surface area is 133 Å². The fraction of sp³-hybridized carbons (Fsp3) is 0.647. The average Bonchev–Trinajstić information content (AvgIpc) is 2.96. The molecule has 0 aromatic carbocycles. The lowest BCUT2D eigenvalue weighted by Gasteiger charge is -2.59. The van der Waals surface area contributed by atoms with E-state index in [0.717, 1.165) is 19.3 Å². The summed E-state index contributed by atoms with van der Waals surface area (Å²) in [5, 5.41) is 16.4. The number of nitrogens with one attached hydrogen (secondary N) is 1. The van der Waals surface area contributed by atoms with Gasteiger partial charge in [-0.2, -0.15) is 0 Å². The SMILES string of the molecule is O=C(N[C@H](C(=O)[O-])C12CC3CC(CC(C3)C1)C2)c1cccs1. The number of aliphatic carboxylic acids is 1. The van der Waals surface area contributed by atoms with Crippen molar-refractivity contribution in [2.45, 2.75) is 44.6 Å². The zero-order chi connectivity index (χ0) is 15.3. The van der Waals surface area contributed by atoms with Crippen molar-refractivity contribution >= 4 is 23.2 Å². The summed E-state index contributed by atoms with van der Waals surface area (Å²) in [7, 11) is 0. The molecule has 0 saturated heterocycles. The molecular weight excluding hydrogens is 298 g/mol. The molecule has 118 valence electrons. The molecule has 4 aliphatic rings. The van der Waals surface area contributed by atoms with Gasteiger partial charge in [-0.3, -0.25) is 4.79 Å². The van der Waals surface area contributed by atoms with E-state index in [0.29, 0.717) is 22.6 Å². The van der Waals surface area contributed by atoms with Crippen LogP contribution in [0.5, 0.6) is 0 Å². The summed E-state index contributed by atoms with van der Waals surface area (Å²) >= 11 is 1.34. The van der Waals surface area contributed by atoms with Gasteiger partial charge in [0.1, 0.15) is 0 Å². The molecule has 4 bridgehead atoms. The maximum absolute atomic E-state index is 12.3. The molecule has 1 N–H and O–H groups in total. The van der Waals surface area contributed by atoms with Crippen molar-refractivity contribution in [3.63, 3.8) is 0 Å². The zero-order valence-electron chi connectivity index (χ0n) is 12.4. The van der Waals surface area contributed by atoms with E-state index >= 15 is 0 Å². The van der Waals surface area contributed by atoms with Crippen LogP contribution < -0.4 is 10.4 Å². The van der Waals surface area contributed by atoms with E-state index in [1.165, 1.54) is 30.6 Å². The van der Waals surface area contributed by atoms with Crippen LogP contribution in [-0.2, 0) is 4.79 Å². The van der Waals surface area contributed by atoms with Crippen molar-refractivity contribution in [1.29, 1.82) is 0 Å². The van der Waals surface area contributed by atoms with E-state index in [4.69, 9.17) is 0 Å². The Morgan fingerprint density at radius 3 is 2.23 bits per heavy atom. The van der Waals surface area contributed by atoms with Crippen molar-refractivity contribution < 1.29 is 14.7 Å². The number of thiophene rings is 1. The zero-order valence-corrected chi connectivity index (χ0v) is 13.2. The molecule has 0 aliphatic heterocycles. The fourth-order valence-corrected chi connectivity index (χ4v) is 6.23. The number of carboxylic acid groups (broad SMARTS) is 1. The van der Waals surface area contributed by atoms with Gasteiger partial charge in [0.25, 0.3) is 5.91 Å². The van der Waals surface area contributed by atoms with Gasteiger partial charge in [0.15, 0.2) is 0 Å².